The predicted molar refractivity (Wildman–Crippen MR) is 65.6 cm³/mol. The third-order valence-corrected chi connectivity index (χ3v) is 4.62. The van der Waals surface area contributed by atoms with Crippen LogP contribution in [0.2, 0.25) is 0 Å². The molecule has 0 radical (unpaired) electrons. The molecule has 1 aromatic rings. The zero-order valence-corrected chi connectivity index (χ0v) is 10.4. The van der Waals surface area contributed by atoms with Gasteiger partial charge in [-0.1, -0.05) is 6.07 Å². The summed E-state index contributed by atoms with van der Waals surface area (Å²) in [5, 5.41) is 0. The second-order valence-electron chi connectivity index (χ2n) is 4.20. The molecule has 1 aliphatic carbocycles. The van der Waals surface area contributed by atoms with E-state index in [1.807, 2.05) is 18.2 Å². The van der Waals surface area contributed by atoms with Crippen LogP contribution in [0.1, 0.15) is 18.5 Å². The molecule has 1 aromatic heterocycles. The van der Waals surface area contributed by atoms with Gasteiger partial charge in [-0.2, -0.15) is 4.31 Å². The summed E-state index contributed by atoms with van der Waals surface area (Å²) in [6.45, 7) is 0.515. The summed E-state index contributed by atoms with van der Waals surface area (Å²) in [5.41, 5.74) is 6.12. The molecule has 0 atom stereocenters. The zero-order chi connectivity index (χ0) is 12.3. The molecule has 1 saturated carbocycles. The number of hydrogen-bond acceptors (Lipinski definition) is 4. The Morgan fingerprint density at radius 3 is 2.71 bits per heavy atom. The first-order valence-electron chi connectivity index (χ1n) is 5.73. The molecule has 94 valence electrons. The van der Waals surface area contributed by atoms with Crippen LogP contribution in [0.25, 0.3) is 0 Å². The average molecular weight is 255 g/mol. The van der Waals surface area contributed by atoms with Crippen molar-refractivity contribution >= 4 is 10.0 Å². The molecule has 17 heavy (non-hydrogen) atoms. The first-order valence-corrected chi connectivity index (χ1v) is 7.34. The maximum absolute atomic E-state index is 12.0. The van der Waals surface area contributed by atoms with Gasteiger partial charge in [0.2, 0.25) is 10.0 Å². The normalized spacial score (nSPS) is 16.4. The molecule has 2 N–H and O–H groups in total. The molecular formula is C11H17N3O2S. The fourth-order valence-corrected chi connectivity index (χ4v) is 3.26. The molecule has 1 aliphatic rings. The van der Waals surface area contributed by atoms with E-state index in [4.69, 9.17) is 5.73 Å². The molecule has 0 amide bonds. The second kappa shape index (κ2) is 5.12. The fourth-order valence-electron chi connectivity index (χ4n) is 1.73. The van der Waals surface area contributed by atoms with Gasteiger partial charge in [0.25, 0.3) is 0 Å². The fraction of sp³-hybridized carbons (Fsp3) is 0.545. The molecule has 5 nitrogen and oxygen atoms in total. The van der Waals surface area contributed by atoms with Crippen molar-refractivity contribution in [1.29, 1.82) is 0 Å². The summed E-state index contributed by atoms with van der Waals surface area (Å²) >= 11 is 0. The molecule has 0 aromatic carbocycles. The summed E-state index contributed by atoms with van der Waals surface area (Å²) in [5.74, 6) is 0.0103. The van der Waals surface area contributed by atoms with E-state index in [1.54, 1.807) is 10.5 Å². The number of nitrogens with two attached hydrogens (primary N) is 1. The Kier molecular flexibility index (Phi) is 3.76. The minimum atomic E-state index is -3.24. The highest BCUT2D eigenvalue weighted by atomic mass is 32.2. The number of pyridine rings is 1. The van der Waals surface area contributed by atoms with Crippen molar-refractivity contribution in [2.45, 2.75) is 25.4 Å². The van der Waals surface area contributed by atoms with E-state index in [-0.39, 0.29) is 18.3 Å². The number of nitrogens with zero attached hydrogens (tertiary/aromatic N) is 2. The minimum absolute atomic E-state index is 0.0103. The lowest BCUT2D eigenvalue weighted by atomic mass is 10.3. The van der Waals surface area contributed by atoms with Gasteiger partial charge in [-0.15, -0.1) is 0 Å². The van der Waals surface area contributed by atoms with Crippen LogP contribution in [-0.2, 0) is 16.6 Å². The first-order chi connectivity index (χ1) is 8.13. The predicted octanol–water partition coefficient (Wildman–Crippen LogP) is 0.335. The summed E-state index contributed by atoms with van der Waals surface area (Å²) in [7, 11) is -3.24. The van der Waals surface area contributed by atoms with Gasteiger partial charge in [0.1, 0.15) is 0 Å². The Labute approximate surface area is 102 Å². The van der Waals surface area contributed by atoms with Crippen LogP contribution in [-0.4, -0.2) is 36.0 Å². The van der Waals surface area contributed by atoms with Crippen LogP contribution in [0.5, 0.6) is 0 Å². The van der Waals surface area contributed by atoms with Crippen molar-refractivity contribution in [3.63, 3.8) is 0 Å². The monoisotopic (exact) mass is 255 g/mol. The van der Waals surface area contributed by atoms with Crippen molar-refractivity contribution in [1.82, 2.24) is 9.29 Å². The number of aromatic nitrogens is 1. The molecule has 2 rings (SSSR count). The average Bonchev–Trinajstić information content (AvgIpc) is 3.11. The molecule has 0 aliphatic heterocycles. The van der Waals surface area contributed by atoms with Gasteiger partial charge in [0, 0.05) is 18.8 Å². The summed E-state index contributed by atoms with van der Waals surface area (Å²) in [6.07, 6.45) is 3.56. The van der Waals surface area contributed by atoms with Gasteiger partial charge in [-0.05, 0) is 25.0 Å². The SMILES string of the molecule is NCCS(=O)(=O)N(Cc1ccccn1)C1CC1. The van der Waals surface area contributed by atoms with E-state index in [0.29, 0.717) is 6.54 Å². The lowest BCUT2D eigenvalue weighted by molar-refractivity contribution is 0.394. The highest BCUT2D eigenvalue weighted by molar-refractivity contribution is 7.89. The molecule has 0 saturated heterocycles. The van der Waals surface area contributed by atoms with E-state index in [1.165, 1.54) is 0 Å². The molecule has 1 heterocycles. The van der Waals surface area contributed by atoms with E-state index in [0.717, 1.165) is 18.5 Å². The van der Waals surface area contributed by atoms with Gasteiger partial charge in [0.15, 0.2) is 0 Å². The van der Waals surface area contributed by atoms with Crippen LogP contribution in [0.15, 0.2) is 24.4 Å². The lowest BCUT2D eigenvalue weighted by Gasteiger charge is -2.21. The Morgan fingerprint density at radius 2 is 2.18 bits per heavy atom. The van der Waals surface area contributed by atoms with Gasteiger partial charge in [-0.25, -0.2) is 8.42 Å². The Morgan fingerprint density at radius 1 is 1.41 bits per heavy atom. The van der Waals surface area contributed by atoms with E-state index >= 15 is 0 Å². The maximum Gasteiger partial charge on any atom is 0.215 e. The van der Waals surface area contributed by atoms with Crippen LogP contribution < -0.4 is 5.73 Å². The third kappa shape index (κ3) is 3.24. The quantitative estimate of drug-likeness (QED) is 0.795. The van der Waals surface area contributed by atoms with E-state index < -0.39 is 10.0 Å². The van der Waals surface area contributed by atoms with Crippen molar-refractivity contribution in [2.75, 3.05) is 12.3 Å². The number of sulfonamides is 1. The standard InChI is InChI=1S/C11H17N3O2S/c12-6-8-17(15,16)14(11-4-5-11)9-10-3-1-2-7-13-10/h1-3,7,11H,4-6,8-9,12H2. The third-order valence-electron chi connectivity index (χ3n) is 2.73. The Hall–Kier alpha value is -0.980. The topological polar surface area (TPSA) is 76.3 Å². The minimum Gasteiger partial charge on any atom is -0.329 e. The maximum atomic E-state index is 12.0. The van der Waals surface area contributed by atoms with Crippen molar-refractivity contribution in [3.05, 3.63) is 30.1 Å². The Balaban J connectivity index is 2.13. The van der Waals surface area contributed by atoms with Crippen LogP contribution in [0, 0.1) is 0 Å². The van der Waals surface area contributed by atoms with E-state index in [2.05, 4.69) is 4.98 Å². The lowest BCUT2D eigenvalue weighted by Crippen LogP contribution is -2.36. The summed E-state index contributed by atoms with van der Waals surface area (Å²) < 4.78 is 25.6. The molecule has 0 unspecified atom stereocenters. The van der Waals surface area contributed by atoms with Crippen LogP contribution >= 0.6 is 0 Å². The summed E-state index contributed by atoms with van der Waals surface area (Å²) in [4.78, 5) is 4.16. The number of rotatable bonds is 6. The van der Waals surface area contributed by atoms with Crippen molar-refractivity contribution in [3.8, 4) is 0 Å². The second-order valence-corrected chi connectivity index (χ2v) is 6.24. The smallest absolute Gasteiger partial charge is 0.215 e. The summed E-state index contributed by atoms with van der Waals surface area (Å²) in [6, 6.07) is 5.67. The molecule has 0 spiro atoms. The molecule has 0 bridgehead atoms. The van der Waals surface area contributed by atoms with E-state index in [9.17, 15) is 8.42 Å². The largest absolute Gasteiger partial charge is 0.329 e. The Bertz CT molecular complexity index is 457. The van der Waals surface area contributed by atoms with Gasteiger partial charge < -0.3 is 5.73 Å². The van der Waals surface area contributed by atoms with Crippen molar-refractivity contribution in [2.24, 2.45) is 5.73 Å². The van der Waals surface area contributed by atoms with Crippen LogP contribution in [0.4, 0.5) is 0 Å². The van der Waals surface area contributed by atoms with Gasteiger partial charge >= 0.3 is 0 Å². The van der Waals surface area contributed by atoms with Crippen LogP contribution in [0.3, 0.4) is 0 Å². The zero-order valence-electron chi connectivity index (χ0n) is 9.62. The molecule has 6 heteroatoms. The molecular weight excluding hydrogens is 238 g/mol. The van der Waals surface area contributed by atoms with Crippen molar-refractivity contribution < 1.29 is 8.42 Å². The first kappa shape index (κ1) is 12.5. The highest BCUT2D eigenvalue weighted by Gasteiger charge is 2.36. The molecule has 1 fully saturated rings. The number of hydrogen-bond donors (Lipinski definition) is 1. The highest BCUT2D eigenvalue weighted by Crippen LogP contribution is 2.30. The van der Waals surface area contributed by atoms with Gasteiger partial charge in [0.05, 0.1) is 18.0 Å². The van der Waals surface area contributed by atoms with Gasteiger partial charge in [-0.3, -0.25) is 4.98 Å².